The number of fused-ring (bicyclic) bond motifs is 1. The zero-order chi connectivity index (χ0) is 16.7. The summed E-state index contributed by atoms with van der Waals surface area (Å²) in [4.78, 5) is 19.4. The van der Waals surface area contributed by atoms with Gasteiger partial charge in [0.15, 0.2) is 0 Å². The summed E-state index contributed by atoms with van der Waals surface area (Å²) in [5.74, 6) is 1.44. The molecule has 0 spiro atoms. The van der Waals surface area contributed by atoms with Gasteiger partial charge in [0.2, 0.25) is 0 Å². The van der Waals surface area contributed by atoms with Gasteiger partial charge in [-0.25, -0.2) is 4.98 Å². The molecule has 23 heavy (non-hydrogen) atoms. The van der Waals surface area contributed by atoms with E-state index in [0.29, 0.717) is 29.6 Å². The molecular weight excluding hydrogens is 378 g/mol. The molecule has 0 bridgehead atoms. The van der Waals surface area contributed by atoms with Crippen LogP contribution in [0.15, 0.2) is 22.7 Å². The second kappa shape index (κ2) is 6.29. The molecule has 1 aromatic carbocycles. The predicted octanol–water partition coefficient (Wildman–Crippen LogP) is 4.16. The fourth-order valence-corrected chi connectivity index (χ4v) is 3.66. The second-order valence-electron chi connectivity index (χ2n) is 6.18. The maximum atomic E-state index is 12.8. The monoisotopic (exact) mass is 395 g/mol. The van der Waals surface area contributed by atoms with Gasteiger partial charge in [0.05, 0.1) is 17.8 Å². The Hall–Kier alpha value is -1.33. The van der Waals surface area contributed by atoms with E-state index in [1.165, 1.54) is 5.69 Å². The predicted molar refractivity (Wildman–Crippen MR) is 94.9 cm³/mol. The molecule has 2 aromatic rings. The third-order valence-electron chi connectivity index (χ3n) is 4.25. The number of amides is 1. The number of hydrogen-bond donors (Lipinski definition) is 0. The molecule has 0 radical (unpaired) electrons. The van der Waals surface area contributed by atoms with E-state index in [2.05, 4.69) is 41.4 Å². The van der Waals surface area contributed by atoms with E-state index in [0.717, 1.165) is 22.4 Å². The zero-order valence-corrected chi connectivity index (χ0v) is 15.8. The standard InChI is InChI=1S/C17H19BrClN3O/c1-10(2)16-20-14-9-22(7-6-15(14)21(16)3)17(23)12-8-11(19)4-5-13(12)18/h4-5,8,10H,6-7,9H2,1-3H3. The van der Waals surface area contributed by atoms with Gasteiger partial charge in [-0.2, -0.15) is 0 Å². The first-order chi connectivity index (χ1) is 10.9. The Morgan fingerprint density at radius 3 is 2.83 bits per heavy atom. The third kappa shape index (κ3) is 3.04. The minimum absolute atomic E-state index is 0.0122. The van der Waals surface area contributed by atoms with Crippen molar-refractivity contribution in [1.82, 2.24) is 14.5 Å². The molecule has 1 aliphatic heterocycles. The first-order valence-electron chi connectivity index (χ1n) is 7.67. The number of halogens is 2. The molecular formula is C17H19BrClN3O. The number of imidazole rings is 1. The maximum Gasteiger partial charge on any atom is 0.255 e. The van der Waals surface area contributed by atoms with Gasteiger partial charge in [0, 0.05) is 41.1 Å². The van der Waals surface area contributed by atoms with Crippen LogP contribution in [0.3, 0.4) is 0 Å². The summed E-state index contributed by atoms with van der Waals surface area (Å²) >= 11 is 9.47. The molecule has 122 valence electrons. The Balaban J connectivity index is 1.88. The Morgan fingerprint density at radius 2 is 2.13 bits per heavy atom. The number of rotatable bonds is 2. The van der Waals surface area contributed by atoms with Gasteiger partial charge >= 0.3 is 0 Å². The molecule has 0 N–H and O–H groups in total. The van der Waals surface area contributed by atoms with Crippen molar-refractivity contribution in [3.05, 3.63) is 50.5 Å². The maximum absolute atomic E-state index is 12.8. The summed E-state index contributed by atoms with van der Waals surface area (Å²) < 4.78 is 2.94. The number of carbonyl (C=O) groups excluding carboxylic acids is 1. The topological polar surface area (TPSA) is 38.1 Å². The first-order valence-corrected chi connectivity index (χ1v) is 8.84. The molecule has 2 heterocycles. The van der Waals surface area contributed by atoms with Crippen LogP contribution in [0.2, 0.25) is 5.02 Å². The minimum atomic E-state index is -0.0122. The molecule has 1 amide bonds. The van der Waals surface area contributed by atoms with Crippen molar-refractivity contribution in [2.45, 2.75) is 32.7 Å². The van der Waals surface area contributed by atoms with E-state index >= 15 is 0 Å². The normalized spacial score (nSPS) is 14.3. The van der Waals surface area contributed by atoms with Crippen molar-refractivity contribution in [2.24, 2.45) is 7.05 Å². The second-order valence-corrected chi connectivity index (χ2v) is 7.47. The lowest BCUT2D eigenvalue weighted by atomic mass is 10.1. The Bertz CT molecular complexity index is 769. The van der Waals surface area contributed by atoms with Crippen molar-refractivity contribution >= 4 is 33.4 Å². The van der Waals surface area contributed by atoms with E-state index < -0.39 is 0 Å². The quantitative estimate of drug-likeness (QED) is 0.764. The van der Waals surface area contributed by atoms with Crippen LogP contribution in [-0.4, -0.2) is 26.9 Å². The Labute approximate surface area is 149 Å². The lowest BCUT2D eigenvalue weighted by Crippen LogP contribution is -2.36. The van der Waals surface area contributed by atoms with Crippen LogP contribution in [0.1, 0.15) is 47.3 Å². The summed E-state index contributed by atoms with van der Waals surface area (Å²) in [6, 6.07) is 5.29. The van der Waals surface area contributed by atoms with Crippen LogP contribution in [-0.2, 0) is 20.0 Å². The first kappa shape index (κ1) is 16.5. The minimum Gasteiger partial charge on any atom is -0.334 e. The fourth-order valence-electron chi connectivity index (χ4n) is 3.07. The summed E-state index contributed by atoms with van der Waals surface area (Å²) in [7, 11) is 2.06. The van der Waals surface area contributed by atoms with Crippen LogP contribution in [0.25, 0.3) is 0 Å². The van der Waals surface area contributed by atoms with Gasteiger partial charge in [-0.05, 0) is 34.1 Å². The van der Waals surface area contributed by atoms with Crippen LogP contribution in [0.5, 0.6) is 0 Å². The van der Waals surface area contributed by atoms with Crippen LogP contribution < -0.4 is 0 Å². The molecule has 4 nitrogen and oxygen atoms in total. The molecule has 1 aromatic heterocycles. The lowest BCUT2D eigenvalue weighted by Gasteiger charge is -2.27. The molecule has 0 unspecified atom stereocenters. The van der Waals surface area contributed by atoms with Crippen LogP contribution in [0, 0.1) is 0 Å². The average Bonchev–Trinajstić information content (AvgIpc) is 2.86. The van der Waals surface area contributed by atoms with Crippen LogP contribution in [0.4, 0.5) is 0 Å². The van der Waals surface area contributed by atoms with Crippen molar-refractivity contribution in [3.63, 3.8) is 0 Å². The molecule has 6 heteroatoms. The van der Waals surface area contributed by atoms with E-state index in [-0.39, 0.29) is 5.91 Å². The Kier molecular flexibility index (Phi) is 4.52. The van der Waals surface area contributed by atoms with Crippen LogP contribution >= 0.6 is 27.5 Å². The molecule has 0 fully saturated rings. The van der Waals surface area contributed by atoms with E-state index in [1.54, 1.807) is 12.1 Å². The highest BCUT2D eigenvalue weighted by atomic mass is 79.9. The molecule has 0 saturated carbocycles. The van der Waals surface area contributed by atoms with E-state index in [9.17, 15) is 4.79 Å². The summed E-state index contributed by atoms with van der Waals surface area (Å²) in [5, 5.41) is 0.564. The third-order valence-corrected chi connectivity index (χ3v) is 5.18. The molecule has 0 saturated heterocycles. The van der Waals surface area contributed by atoms with Gasteiger partial charge in [0.25, 0.3) is 5.91 Å². The largest absolute Gasteiger partial charge is 0.334 e. The SMILES string of the molecule is CC(C)c1nc2c(n1C)CCN(C(=O)c1cc(Cl)ccc1Br)C2. The number of nitrogens with zero attached hydrogens (tertiary/aromatic N) is 3. The van der Waals surface area contributed by atoms with Crippen molar-refractivity contribution < 1.29 is 4.79 Å². The highest BCUT2D eigenvalue weighted by molar-refractivity contribution is 9.10. The number of benzene rings is 1. The molecule has 0 atom stereocenters. The summed E-state index contributed by atoms with van der Waals surface area (Å²) in [5.41, 5.74) is 2.85. The van der Waals surface area contributed by atoms with Gasteiger partial charge < -0.3 is 9.47 Å². The van der Waals surface area contributed by atoms with Gasteiger partial charge in [-0.3, -0.25) is 4.79 Å². The molecule has 0 aliphatic carbocycles. The van der Waals surface area contributed by atoms with Crippen molar-refractivity contribution in [1.29, 1.82) is 0 Å². The molecule has 1 aliphatic rings. The smallest absolute Gasteiger partial charge is 0.255 e. The number of hydrogen-bond acceptors (Lipinski definition) is 2. The molecule has 3 rings (SSSR count). The van der Waals surface area contributed by atoms with Crippen molar-refractivity contribution in [2.75, 3.05) is 6.54 Å². The number of aromatic nitrogens is 2. The van der Waals surface area contributed by atoms with Gasteiger partial charge in [0.1, 0.15) is 5.82 Å². The number of carbonyl (C=O) groups is 1. The zero-order valence-electron chi connectivity index (χ0n) is 13.4. The van der Waals surface area contributed by atoms with E-state index in [4.69, 9.17) is 16.6 Å². The fraction of sp³-hybridized carbons (Fsp3) is 0.412. The lowest BCUT2D eigenvalue weighted by molar-refractivity contribution is 0.0730. The Morgan fingerprint density at radius 1 is 1.39 bits per heavy atom. The highest BCUT2D eigenvalue weighted by Gasteiger charge is 2.27. The van der Waals surface area contributed by atoms with Gasteiger partial charge in [-0.1, -0.05) is 25.4 Å². The summed E-state index contributed by atoms with van der Waals surface area (Å²) in [6.45, 7) is 5.52. The average molecular weight is 397 g/mol. The van der Waals surface area contributed by atoms with E-state index in [1.807, 2.05) is 11.0 Å². The van der Waals surface area contributed by atoms with Crippen molar-refractivity contribution in [3.8, 4) is 0 Å². The summed E-state index contributed by atoms with van der Waals surface area (Å²) in [6.07, 6.45) is 0.829. The van der Waals surface area contributed by atoms with Gasteiger partial charge in [-0.15, -0.1) is 0 Å². The highest BCUT2D eigenvalue weighted by Crippen LogP contribution is 2.27.